The van der Waals surface area contributed by atoms with Gasteiger partial charge in [-0.3, -0.25) is 4.79 Å². The van der Waals surface area contributed by atoms with E-state index in [1.54, 1.807) is 0 Å². The molecule has 0 aliphatic rings. The fraction of sp³-hybridized carbons (Fsp3) is 0.900. The largest absolute Gasteiger partial charge is 0.353 e. The highest BCUT2D eigenvalue weighted by atomic mass is 16.1. The van der Waals surface area contributed by atoms with Crippen molar-refractivity contribution in [1.82, 2.24) is 5.32 Å². The number of rotatable bonds is 5. The summed E-state index contributed by atoms with van der Waals surface area (Å²) < 4.78 is 0. The topological polar surface area (TPSA) is 29.1 Å². The molecular weight excluding hydrogens is 150 g/mol. The van der Waals surface area contributed by atoms with Gasteiger partial charge >= 0.3 is 0 Å². The molecule has 2 unspecified atom stereocenters. The van der Waals surface area contributed by atoms with E-state index in [0.717, 1.165) is 12.8 Å². The lowest BCUT2D eigenvalue weighted by Crippen LogP contribution is -2.36. The lowest BCUT2D eigenvalue weighted by Gasteiger charge is -2.19. The normalized spacial score (nSPS) is 15.3. The molecule has 0 aliphatic carbocycles. The van der Waals surface area contributed by atoms with Crippen molar-refractivity contribution in [3.63, 3.8) is 0 Å². The molecule has 0 fully saturated rings. The van der Waals surface area contributed by atoms with Crippen LogP contribution in [0.2, 0.25) is 0 Å². The summed E-state index contributed by atoms with van der Waals surface area (Å²) in [4.78, 5) is 11.2. The fourth-order valence-electron chi connectivity index (χ4n) is 1.05. The molecule has 12 heavy (non-hydrogen) atoms. The van der Waals surface area contributed by atoms with E-state index in [1.165, 1.54) is 0 Å². The first-order chi connectivity index (χ1) is 5.61. The highest BCUT2D eigenvalue weighted by Gasteiger charge is 2.11. The zero-order chi connectivity index (χ0) is 9.56. The van der Waals surface area contributed by atoms with Crippen molar-refractivity contribution < 1.29 is 4.79 Å². The van der Waals surface area contributed by atoms with Gasteiger partial charge in [0.25, 0.3) is 0 Å². The van der Waals surface area contributed by atoms with Crippen LogP contribution >= 0.6 is 0 Å². The summed E-state index contributed by atoms with van der Waals surface area (Å²) in [6.07, 6.45) is 2.70. The molecule has 0 aliphatic heterocycles. The summed E-state index contributed by atoms with van der Waals surface area (Å²) in [7, 11) is 0. The Kier molecular flexibility index (Phi) is 5.77. The third-order valence-corrected chi connectivity index (χ3v) is 2.36. The Morgan fingerprint density at radius 1 is 1.33 bits per heavy atom. The molecule has 2 atom stereocenters. The van der Waals surface area contributed by atoms with Crippen LogP contribution in [0.3, 0.4) is 0 Å². The van der Waals surface area contributed by atoms with Gasteiger partial charge < -0.3 is 5.32 Å². The van der Waals surface area contributed by atoms with Gasteiger partial charge in [-0.2, -0.15) is 0 Å². The van der Waals surface area contributed by atoms with Gasteiger partial charge in [0, 0.05) is 12.5 Å². The second-order valence-corrected chi connectivity index (χ2v) is 3.49. The Morgan fingerprint density at radius 2 is 1.92 bits per heavy atom. The molecule has 0 spiro atoms. The molecule has 1 N–H and O–H groups in total. The molecule has 2 nitrogen and oxygen atoms in total. The summed E-state index contributed by atoms with van der Waals surface area (Å²) in [6.45, 7) is 8.40. The van der Waals surface area contributed by atoms with Gasteiger partial charge in [-0.25, -0.2) is 0 Å². The highest BCUT2D eigenvalue weighted by Crippen LogP contribution is 2.06. The zero-order valence-corrected chi connectivity index (χ0v) is 8.68. The van der Waals surface area contributed by atoms with Gasteiger partial charge in [-0.15, -0.1) is 0 Å². The van der Waals surface area contributed by atoms with Crippen molar-refractivity contribution in [3.05, 3.63) is 0 Å². The second-order valence-electron chi connectivity index (χ2n) is 3.49. The summed E-state index contributed by atoms with van der Waals surface area (Å²) >= 11 is 0. The minimum atomic E-state index is 0.185. The van der Waals surface area contributed by atoms with Crippen LogP contribution in [-0.4, -0.2) is 11.9 Å². The lowest BCUT2D eigenvalue weighted by molar-refractivity contribution is -0.122. The van der Waals surface area contributed by atoms with Crippen molar-refractivity contribution in [2.24, 2.45) is 5.92 Å². The van der Waals surface area contributed by atoms with Gasteiger partial charge in [-0.05, 0) is 19.3 Å². The molecule has 1 amide bonds. The number of nitrogens with one attached hydrogen (secondary N) is 1. The maximum Gasteiger partial charge on any atom is 0.220 e. The number of hydrogen-bond acceptors (Lipinski definition) is 1. The smallest absolute Gasteiger partial charge is 0.220 e. The number of amides is 1. The molecule has 0 saturated carbocycles. The summed E-state index contributed by atoms with van der Waals surface area (Å²) in [5.74, 6) is 0.760. The number of carbonyl (C=O) groups excluding carboxylic acids is 1. The SMILES string of the molecule is CCCC(=O)NC(C)C(C)CC. The fourth-order valence-corrected chi connectivity index (χ4v) is 1.05. The molecular formula is C10H21NO. The Balaban J connectivity index is 3.67. The van der Waals surface area contributed by atoms with Crippen molar-refractivity contribution in [2.75, 3.05) is 0 Å². The molecule has 0 heterocycles. The molecule has 72 valence electrons. The van der Waals surface area contributed by atoms with Crippen LogP contribution in [0, 0.1) is 5.92 Å². The Labute approximate surface area is 75.7 Å². The zero-order valence-electron chi connectivity index (χ0n) is 8.68. The summed E-state index contributed by atoms with van der Waals surface area (Å²) in [6, 6.07) is 0.314. The third kappa shape index (κ3) is 4.37. The van der Waals surface area contributed by atoms with Crippen LogP contribution in [0.5, 0.6) is 0 Å². The van der Waals surface area contributed by atoms with Gasteiger partial charge in [0.15, 0.2) is 0 Å². The average Bonchev–Trinajstić information content (AvgIpc) is 2.03. The molecule has 0 aromatic carbocycles. The van der Waals surface area contributed by atoms with E-state index < -0.39 is 0 Å². The lowest BCUT2D eigenvalue weighted by atomic mass is 10.0. The van der Waals surface area contributed by atoms with Crippen LogP contribution in [0.4, 0.5) is 0 Å². The van der Waals surface area contributed by atoms with Gasteiger partial charge in [0.1, 0.15) is 0 Å². The van der Waals surface area contributed by atoms with E-state index in [-0.39, 0.29) is 5.91 Å². The molecule has 2 heteroatoms. The van der Waals surface area contributed by atoms with E-state index in [2.05, 4.69) is 26.1 Å². The first-order valence-electron chi connectivity index (χ1n) is 4.91. The van der Waals surface area contributed by atoms with Crippen LogP contribution in [0.1, 0.15) is 47.0 Å². The second kappa shape index (κ2) is 6.04. The van der Waals surface area contributed by atoms with Crippen molar-refractivity contribution in [2.45, 2.75) is 53.0 Å². The van der Waals surface area contributed by atoms with E-state index >= 15 is 0 Å². The molecule has 0 aromatic heterocycles. The van der Waals surface area contributed by atoms with Crippen LogP contribution in [0.15, 0.2) is 0 Å². The van der Waals surface area contributed by atoms with E-state index in [4.69, 9.17) is 0 Å². The van der Waals surface area contributed by atoms with Crippen molar-refractivity contribution in [1.29, 1.82) is 0 Å². The Morgan fingerprint density at radius 3 is 2.33 bits per heavy atom. The summed E-state index contributed by atoms with van der Waals surface area (Å²) in [5, 5.41) is 2.99. The molecule has 0 rings (SSSR count). The van der Waals surface area contributed by atoms with Crippen molar-refractivity contribution >= 4 is 5.91 Å². The Bertz CT molecular complexity index is 134. The number of hydrogen-bond donors (Lipinski definition) is 1. The quantitative estimate of drug-likeness (QED) is 0.676. The van der Waals surface area contributed by atoms with Crippen LogP contribution in [0.25, 0.3) is 0 Å². The van der Waals surface area contributed by atoms with E-state index in [1.807, 2.05) is 6.92 Å². The van der Waals surface area contributed by atoms with Gasteiger partial charge in [0.05, 0.1) is 0 Å². The van der Waals surface area contributed by atoms with Gasteiger partial charge in [-0.1, -0.05) is 27.2 Å². The van der Waals surface area contributed by atoms with Crippen LogP contribution in [-0.2, 0) is 4.79 Å². The molecule has 0 radical (unpaired) electrons. The van der Waals surface area contributed by atoms with E-state index in [9.17, 15) is 4.79 Å². The van der Waals surface area contributed by atoms with Crippen LogP contribution < -0.4 is 5.32 Å². The van der Waals surface area contributed by atoms with Gasteiger partial charge in [0.2, 0.25) is 5.91 Å². The monoisotopic (exact) mass is 171 g/mol. The molecule has 0 bridgehead atoms. The maximum absolute atomic E-state index is 11.2. The summed E-state index contributed by atoms with van der Waals surface area (Å²) in [5.41, 5.74) is 0. The van der Waals surface area contributed by atoms with E-state index in [0.29, 0.717) is 18.4 Å². The third-order valence-electron chi connectivity index (χ3n) is 2.36. The highest BCUT2D eigenvalue weighted by molar-refractivity contribution is 5.76. The molecule has 0 saturated heterocycles. The first-order valence-corrected chi connectivity index (χ1v) is 4.91. The average molecular weight is 171 g/mol. The Hall–Kier alpha value is -0.530. The first kappa shape index (κ1) is 11.5. The predicted molar refractivity (Wildman–Crippen MR) is 52.0 cm³/mol. The minimum Gasteiger partial charge on any atom is -0.353 e. The minimum absolute atomic E-state index is 0.185. The maximum atomic E-state index is 11.2. The number of carbonyl (C=O) groups is 1. The standard InChI is InChI=1S/C10H21NO/c1-5-7-10(12)11-9(4)8(3)6-2/h8-9H,5-7H2,1-4H3,(H,11,12). The van der Waals surface area contributed by atoms with Crippen molar-refractivity contribution in [3.8, 4) is 0 Å². The predicted octanol–water partition coefficient (Wildman–Crippen LogP) is 2.34. The molecule has 0 aromatic rings.